The van der Waals surface area contributed by atoms with Gasteiger partial charge >= 0.3 is 0 Å². The lowest BCUT2D eigenvalue weighted by Gasteiger charge is -2.15. The summed E-state index contributed by atoms with van der Waals surface area (Å²) < 4.78 is 1.21. The van der Waals surface area contributed by atoms with E-state index in [0.29, 0.717) is 0 Å². The Labute approximate surface area is 245 Å². The molecule has 5 rings (SSSR count). The van der Waals surface area contributed by atoms with Crippen molar-refractivity contribution in [2.24, 2.45) is 9.98 Å². The number of aliphatic imine (C=N–C) groups is 2. The largest absolute Gasteiger partial charge is 0.285 e. The molecule has 2 atom stereocenters. The highest BCUT2D eigenvalue weighted by Gasteiger charge is 2.14. The maximum atomic E-state index is 4.90. The molecule has 0 aliphatic carbocycles. The minimum atomic E-state index is 0.0918. The Morgan fingerprint density at radius 1 is 0.462 bits per heavy atom. The smallest absolute Gasteiger partial charge is 0.0721 e. The summed E-state index contributed by atoms with van der Waals surface area (Å²) >= 11 is 2.49. The van der Waals surface area contributed by atoms with Crippen LogP contribution in [-0.4, -0.2) is 12.4 Å². The third-order valence-corrected chi connectivity index (χ3v) is 8.10. The van der Waals surface area contributed by atoms with Gasteiger partial charge in [0.15, 0.2) is 0 Å². The summed E-state index contributed by atoms with van der Waals surface area (Å²) in [5, 5.41) is 0. The third kappa shape index (κ3) is 6.43. The summed E-state index contributed by atoms with van der Waals surface area (Å²) in [6, 6.07) is 44.6. The standard InChI is InChI=1S/C36H31IN2/c1-26(28-14-5-3-6-15-28)38-24-30-18-9-11-20-32(30)34-22-13-23-35(36(34)37)33-21-12-10-19-31(33)25-39-27(2)29-16-7-4-8-17-29/h3-27H,1-2H3/t26-,27-/m0/s1. The Bertz CT molecular complexity index is 1470. The van der Waals surface area contributed by atoms with E-state index in [2.05, 4.69) is 152 Å². The van der Waals surface area contributed by atoms with Crippen molar-refractivity contribution in [2.75, 3.05) is 0 Å². The van der Waals surface area contributed by atoms with E-state index in [-0.39, 0.29) is 12.1 Å². The Morgan fingerprint density at radius 3 is 1.26 bits per heavy atom. The van der Waals surface area contributed by atoms with Crippen LogP contribution in [-0.2, 0) is 0 Å². The summed E-state index contributed by atoms with van der Waals surface area (Å²) in [6.07, 6.45) is 4.03. The lowest BCUT2D eigenvalue weighted by molar-refractivity contribution is 0.825. The Morgan fingerprint density at radius 2 is 0.821 bits per heavy atom. The molecule has 0 radical (unpaired) electrons. The van der Waals surface area contributed by atoms with Gasteiger partial charge in [-0.15, -0.1) is 0 Å². The zero-order valence-electron chi connectivity index (χ0n) is 22.2. The molecule has 0 fully saturated rings. The maximum absolute atomic E-state index is 4.90. The monoisotopic (exact) mass is 618 g/mol. The lowest BCUT2D eigenvalue weighted by Crippen LogP contribution is -1.97. The Balaban J connectivity index is 1.48. The molecule has 192 valence electrons. The normalized spacial score (nSPS) is 13.1. The van der Waals surface area contributed by atoms with Crippen molar-refractivity contribution in [3.63, 3.8) is 0 Å². The molecule has 2 nitrogen and oxygen atoms in total. The molecule has 0 bridgehead atoms. The van der Waals surface area contributed by atoms with Gasteiger partial charge in [-0.2, -0.15) is 0 Å². The van der Waals surface area contributed by atoms with Crippen LogP contribution in [0.15, 0.2) is 137 Å². The second-order valence-electron chi connectivity index (χ2n) is 9.57. The van der Waals surface area contributed by atoms with E-state index in [0.717, 1.165) is 11.1 Å². The molecule has 0 unspecified atom stereocenters. The predicted molar refractivity (Wildman–Crippen MR) is 175 cm³/mol. The summed E-state index contributed by atoms with van der Waals surface area (Å²) in [5.41, 5.74) is 9.40. The van der Waals surface area contributed by atoms with Crippen molar-refractivity contribution < 1.29 is 0 Å². The molecule has 39 heavy (non-hydrogen) atoms. The van der Waals surface area contributed by atoms with Gasteiger partial charge in [0.05, 0.1) is 12.1 Å². The van der Waals surface area contributed by atoms with Crippen molar-refractivity contribution in [1.29, 1.82) is 0 Å². The predicted octanol–water partition coefficient (Wildman–Crippen LogP) is 9.99. The quantitative estimate of drug-likeness (QED) is 0.122. The highest BCUT2D eigenvalue weighted by atomic mass is 127. The molecule has 0 saturated heterocycles. The van der Waals surface area contributed by atoms with Gasteiger partial charge in [-0.05, 0) is 69.8 Å². The van der Waals surface area contributed by atoms with Crippen LogP contribution in [0.25, 0.3) is 22.3 Å². The molecule has 0 N–H and O–H groups in total. The zero-order chi connectivity index (χ0) is 27.0. The van der Waals surface area contributed by atoms with E-state index in [4.69, 9.17) is 9.98 Å². The van der Waals surface area contributed by atoms with Gasteiger partial charge in [-0.25, -0.2) is 0 Å². The van der Waals surface area contributed by atoms with Crippen molar-refractivity contribution in [1.82, 2.24) is 0 Å². The fourth-order valence-electron chi connectivity index (χ4n) is 4.68. The molecule has 0 spiro atoms. The van der Waals surface area contributed by atoms with Crippen LogP contribution in [0, 0.1) is 3.57 Å². The highest BCUT2D eigenvalue weighted by molar-refractivity contribution is 14.1. The maximum Gasteiger partial charge on any atom is 0.0721 e. The second kappa shape index (κ2) is 12.8. The molecule has 5 aromatic carbocycles. The van der Waals surface area contributed by atoms with E-state index in [1.807, 2.05) is 24.6 Å². The van der Waals surface area contributed by atoms with E-state index in [1.165, 1.54) is 37.0 Å². The highest BCUT2D eigenvalue weighted by Crippen LogP contribution is 2.36. The number of benzene rings is 5. The van der Waals surface area contributed by atoms with Crippen molar-refractivity contribution in [3.05, 3.63) is 153 Å². The first-order chi connectivity index (χ1) is 19.1. The van der Waals surface area contributed by atoms with Gasteiger partial charge in [0.1, 0.15) is 0 Å². The van der Waals surface area contributed by atoms with Crippen LogP contribution in [0.5, 0.6) is 0 Å². The average molecular weight is 619 g/mol. The van der Waals surface area contributed by atoms with Gasteiger partial charge in [-0.1, -0.05) is 127 Å². The third-order valence-electron chi connectivity index (χ3n) is 6.94. The van der Waals surface area contributed by atoms with Crippen molar-refractivity contribution in [3.8, 4) is 22.3 Å². The van der Waals surface area contributed by atoms with E-state index in [1.54, 1.807) is 0 Å². The van der Waals surface area contributed by atoms with Gasteiger partial charge in [-0.3, -0.25) is 9.98 Å². The first kappa shape index (κ1) is 26.8. The fraction of sp³-hybridized carbons (Fsp3) is 0.111. The number of hydrogen-bond acceptors (Lipinski definition) is 2. The molecular weight excluding hydrogens is 587 g/mol. The lowest BCUT2D eigenvalue weighted by atomic mass is 9.94. The molecule has 0 aliphatic rings. The minimum Gasteiger partial charge on any atom is -0.285 e. The topological polar surface area (TPSA) is 24.7 Å². The Kier molecular flexibility index (Phi) is 8.79. The summed E-state index contributed by atoms with van der Waals surface area (Å²) in [5.74, 6) is 0. The number of hydrogen-bond donors (Lipinski definition) is 0. The van der Waals surface area contributed by atoms with Crippen molar-refractivity contribution >= 4 is 35.0 Å². The van der Waals surface area contributed by atoms with Gasteiger partial charge in [0.25, 0.3) is 0 Å². The van der Waals surface area contributed by atoms with Gasteiger partial charge in [0.2, 0.25) is 0 Å². The molecule has 0 saturated carbocycles. The average Bonchev–Trinajstić information content (AvgIpc) is 3.00. The molecule has 0 amide bonds. The number of halogens is 1. The van der Waals surface area contributed by atoms with Crippen LogP contribution < -0.4 is 0 Å². The number of nitrogens with zero attached hydrogens (tertiary/aromatic N) is 2. The molecule has 0 aliphatic heterocycles. The zero-order valence-corrected chi connectivity index (χ0v) is 24.4. The second-order valence-corrected chi connectivity index (χ2v) is 10.7. The van der Waals surface area contributed by atoms with Crippen LogP contribution >= 0.6 is 22.6 Å². The van der Waals surface area contributed by atoms with Gasteiger partial charge in [0, 0.05) is 27.1 Å². The van der Waals surface area contributed by atoms with E-state index < -0.39 is 0 Å². The SMILES string of the molecule is C[C@H](N=Cc1ccccc1-c1cccc(-c2ccccc2C=N[C@@H](C)c2ccccc2)c1I)c1ccccc1. The molecular formula is C36H31IN2. The summed E-state index contributed by atoms with van der Waals surface area (Å²) in [6.45, 7) is 4.27. The van der Waals surface area contributed by atoms with Crippen LogP contribution in [0.2, 0.25) is 0 Å². The summed E-state index contributed by atoms with van der Waals surface area (Å²) in [4.78, 5) is 9.79. The van der Waals surface area contributed by atoms with Crippen LogP contribution in [0.1, 0.15) is 48.2 Å². The first-order valence-electron chi connectivity index (χ1n) is 13.3. The Hall–Kier alpha value is -3.83. The first-order valence-corrected chi connectivity index (χ1v) is 14.3. The summed E-state index contributed by atoms with van der Waals surface area (Å²) in [7, 11) is 0. The van der Waals surface area contributed by atoms with Crippen LogP contribution in [0.3, 0.4) is 0 Å². The number of rotatable bonds is 8. The molecule has 3 heteroatoms. The van der Waals surface area contributed by atoms with Crippen LogP contribution in [0.4, 0.5) is 0 Å². The fourth-order valence-corrected chi connectivity index (χ4v) is 5.62. The van der Waals surface area contributed by atoms with E-state index in [9.17, 15) is 0 Å². The van der Waals surface area contributed by atoms with E-state index >= 15 is 0 Å². The molecule has 0 heterocycles. The molecule has 5 aromatic rings. The minimum absolute atomic E-state index is 0.0918. The van der Waals surface area contributed by atoms with Crippen molar-refractivity contribution in [2.45, 2.75) is 25.9 Å². The molecule has 0 aromatic heterocycles. The van der Waals surface area contributed by atoms with Gasteiger partial charge < -0.3 is 0 Å².